The van der Waals surface area contributed by atoms with Gasteiger partial charge in [0.05, 0.1) is 6.04 Å². The van der Waals surface area contributed by atoms with Crippen molar-refractivity contribution in [2.24, 2.45) is 0 Å². The van der Waals surface area contributed by atoms with E-state index in [2.05, 4.69) is 0 Å². The number of ether oxygens (including phenoxy) is 1. The minimum absolute atomic E-state index is 0.112. The van der Waals surface area contributed by atoms with Crippen molar-refractivity contribution < 1.29 is 13.9 Å². The van der Waals surface area contributed by atoms with E-state index >= 15 is 0 Å². The molecule has 3 nitrogen and oxygen atoms in total. The molecule has 0 aromatic heterocycles. The van der Waals surface area contributed by atoms with Gasteiger partial charge in [-0.2, -0.15) is 0 Å². The van der Waals surface area contributed by atoms with Gasteiger partial charge in [-0.15, -0.1) is 0 Å². The molecule has 2 atom stereocenters. The Hall–Kier alpha value is -1.58. The minimum atomic E-state index is -0.410. The number of hydrogen-bond acceptors (Lipinski definition) is 2. The lowest BCUT2D eigenvalue weighted by molar-refractivity contribution is 0.119. The SMILES string of the molecule is C[C@H]1[C@@H](c2cccc(F)c2)OC(=O)N1C(C)(C)C. The zero-order valence-corrected chi connectivity index (χ0v) is 11.1. The molecule has 0 spiro atoms. The lowest BCUT2D eigenvalue weighted by Gasteiger charge is -2.33. The van der Waals surface area contributed by atoms with Crippen LogP contribution in [0.4, 0.5) is 9.18 Å². The fourth-order valence-electron chi connectivity index (χ4n) is 2.48. The van der Waals surface area contributed by atoms with E-state index in [1.165, 1.54) is 12.1 Å². The number of amides is 1. The van der Waals surface area contributed by atoms with Crippen LogP contribution in [0.1, 0.15) is 39.4 Å². The average molecular weight is 251 g/mol. The average Bonchev–Trinajstić information content (AvgIpc) is 2.53. The number of rotatable bonds is 1. The smallest absolute Gasteiger partial charge is 0.411 e. The maximum absolute atomic E-state index is 13.2. The third-order valence-electron chi connectivity index (χ3n) is 3.17. The summed E-state index contributed by atoms with van der Waals surface area (Å²) in [5.41, 5.74) is 0.390. The first-order valence-corrected chi connectivity index (χ1v) is 6.06. The summed E-state index contributed by atoms with van der Waals surface area (Å²) in [6.07, 6.45) is -0.753. The highest BCUT2D eigenvalue weighted by molar-refractivity contribution is 5.72. The maximum atomic E-state index is 13.2. The number of halogens is 1. The Bertz CT molecular complexity index is 467. The Balaban J connectivity index is 2.31. The Morgan fingerprint density at radius 3 is 2.50 bits per heavy atom. The molecular weight excluding hydrogens is 233 g/mol. The molecule has 0 bridgehead atoms. The number of nitrogens with zero attached hydrogens (tertiary/aromatic N) is 1. The molecule has 1 heterocycles. The highest BCUT2D eigenvalue weighted by Gasteiger charge is 2.44. The number of carbonyl (C=O) groups is 1. The lowest BCUT2D eigenvalue weighted by Crippen LogP contribution is -2.46. The van der Waals surface area contributed by atoms with Crippen molar-refractivity contribution in [1.29, 1.82) is 0 Å². The molecule has 1 aliphatic rings. The van der Waals surface area contributed by atoms with Crippen molar-refractivity contribution in [3.8, 4) is 0 Å². The maximum Gasteiger partial charge on any atom is 0.411 e. The molecule has 18 heavy (non-hydrogen) atoms. The predicted octanol–water partition coefficient (Wildman–Crippen LogP) is 3.51. The standard InChI is InChI=1S/C14H18FNO2/c1-9-12(10-6-5-7-11(15)8-10)18-13(17)16(9)14(2,3)4/h5-9,12H,1-4H3/t9-,12-/m0/s1. The summed E-state index contributed by atoms with van der Waals surface area (Å²) in [6.45, 7) is 7.79. The molecule has 0 aliphatic carbocycles. The number of carbonyl (C=O) groups excluding carboxylic acids is 1. The van der Waals surface area contributed by atoms with Gasteiger partial charge in [0.25, 0.3) is 0 Å². The normalized spacial score (nSPS) is 24.3. The van der Waals surface area contributed by atoms with Crippen LogP contribution >= 0.6 is 0 Å². The molecule has 4 heteroatoms. The van der Waals surface area contributed by atoms with E-state index in [1.54, 1.807) is 17.0 Å². The molecule has 98 valence electrons. The van der Waals surface area contributed by atoms with E-state index < -0.39 is 6.10 Å². The molecule has 0 radical (unpaired) electrons. The third kappa shape index (κ3) is 2.19. The second-order valence-electron chi connectivity index (χ2n) is 5.64. The van der Waals surface area contributed by atoms with Crippen LogP contribution in [0.25, 0.3) is 0 Å². The van der Waals surface area contributed by atoms with E-state index in [0.717, 1.165) is 0 Å². The summed E-state index contributed by atoms with van der Waals surface area (Å²) < 4.78 is 18.6. The quantitative estimate of drug-likeness (QED) is 0.764. The van der Waals surface area contributed by atoms with E-state index in [9.17, 15) is 9.18 Å². The number of benzene rings is 1. The Kier molecular flexibility index (Phi) is 3.05. The first-order valence-electron chi connectivity index (χ1n) is 6.06. The fraction of sp³-hybridized carbons (Fsp3) is 0.500. The van der Waals surface area contributed by atoms with Gasteiger partial charge in [-0.1, -0.05) is 12.1 Å². The Labute approximate surface area is 107 Å². The second kappa shape index (κ2) is 4.26. The first-order chi connectivity index (χ1) is 8.30. The van der Waals surface area contributed by atoms with Crippen LogP contribution in [0, 0.1) is 5.82 Å². The molecule has 1 aromatic carbocycles. The summed E-state index contributed by atoms with van der Waals surface area (Å²) in [4.78, 5) is 13.6. The summed E-state index contributed by atoms with van der Waals surface area (Å²) in [5, 5.41) is 0. The molecule has 0 N–H and O–H groups in total. The van der Waals surface area contributed by atoms with Gasteiger partial charge in [-0.3, -0.25) is 4.90 Å². The van der Waals surface area contributed by atoms with Crippen molar-refractivity contribution in [2.45, 2.75) is 45.4 Å². The first kappa shape index (κ1) is 12.9. The van der Waals surface area contributed by atoms with Crippen LogP contribution in [-0.2, 0) is 4.74 Å². The van der Waals surface area contributed by atoms with E-state index in [0.29, 0.717) is 5.56 Å². The number of cyclic esters (lactones) is 1. The zero-order chi connectivity index (χ0) is 13.5. The Morgan fingerprint density at radius 1 is 1.33 bits per heavy atom. The largest absolute Gasteiger partial charge is 0.439 e. The van der Waals surface area contributed by atoms with E-state index in [4.69, 9.17) is 4.74 Å². The van der Waals surface area contributed by atoms with Gasteiger partial charge in [-0.05, 0) is 45.4 Å². The minimum Gasteiger partial charge on any atom is -0.439 e. The van der Waals surface area contributed by atoms with Crippen LogP contribution in [0.5, 0.6) is 0 Å². The molecule has 0 saturated carbocycles. The van der Waals surface area contributed by atoms with E-state index in [1.807, 2.05) is 27.7 Å². The summed E-state index contributed by atoms with van der Waals surface area (Å²) in [6, 6.07) is 6.10. The van der Waals surface area contributed by atoms with E-state index in [-0.39, 0.29) is 23.5 Å². The van der Waals surface area contributed by atoms with Crippen LogP contribution in [0.15, 0.2) is 24.3 Å². The highest BCUT2D eigenvalue weighted by Crippen LogP contribution is 2.36. The topological polar surface area (TPSA) is 29.5 Å². The van der Waals surface area contributed by atoms with Crippen LogP contribution in [0.2, 0.25) is 0 Å². The Morgan fingerprint density at radius 2 is 2.00 bits per heavy atom. The highest BCUT2D eigenvalue weighted by atomic mass is 19.1. The second-order valence-corrected chi connectivity index (χ2v) is 5.64. The van der Waals surface area contributed by atoms with Crippen LogP contribution in [-0.4, -0.2) is 22.6 Å². The molecule has 1 saturated heterocycles. The summed E-state index contributed by atoms with van der Waals surface area (Å²) in [7, 11) is 0. The lowest BCUT2D eigenvalue weighted by atomic mass is 9.99. The van der Waals surface area contributed by atoms with Gasteiger partial charge in [0.1, 0.15) is 11.9 Å². The fourth-order valence-corrected chi connectivity index (χ4v) is 2.48. The van der Waals surface area contributed by atoms with Crippen molar-refractivity contribution in [1.82, 2.24) is 4.90 Å². The van der Waals surface area contributed by atoms with Gasteiger partial charge in [0, 0.05) is 5.54 Å². The predicted molar refractivity (Wildman–Crippen MR) is 66.7 cm³/mol. The molecule has 2 rings (SSSR count). The molecule has 0 unspecified atom stereocenters. The van der Waals surface area contributed by atoms with Gasteiger partial charge in [0.15, 0.2) is 0 Å². The third-order valence-corrected chi connectivity index (χ3v) is 3.17. The zero-order valence-electron chi connectivity index (χ0n) is 11.1. The van der Waals surface area contributed by atoms with Crippen LogP contribution in [0.3, 0.4) is 0 Å². The van der Waals surface area contributed by atoms with Gasteiger partial charge in [-0.25, -0.2) is 9.18 Å². The molecule has 1 aromatic rings. The monoisotopic (exact) mass is 251 g/mol. The van der Waals surface area contributed by atoms with Crippen molar-refractivity contribution in [3.63, 3.8) is 0 Å². The van der Waals surface area contributed by atoms with Gasteiger partial charge >= 0.3 is 6.09 Å². The molecule has 1 fully saturated rings. The van der Waals surface area contributed by atoms with Crippen LogP contribution < -0.4 is 0 Å². The van der Waals surface area contributed by atoms with Gasteiger partial charge in [0.2, 0.25) is 0 Å². The molecular formula is C14H18FNO2. The van der Waals surface area contributed by atoms with Gasteiger partial charge < -0.3 is 4.74 Å². The molecule has 1 amide bonds. The van der Waals surface area contributed by atoms with Crippen molar-refractivity contribution >= 4 is 6.09 Å². The summed E-state index contributed by atoms with van der Waals surface area (Å²) >= 11 is 0. The van der Waals surface area contributed by atoms with Crippen molar-refractivity contribution in [2.75, 3.05) is 0 Å². The van der Waals surface area contributed by atoms with Crippen molar-refractivity contribution in [3.05, 3.63) is 35.6 Å². The molecule has 1 aliphatic heterocycles. The summed E-state index contributed by atoms with van der Waals surface area (Å²) in [5.74, 6) is -0.315. The number of hydrogen-bond donors (Lipinski definition) is 0.